The van der Waals surface area contributed by atoms with Gasteiger partial charge >= 0.3 is 0 Å². The van der Waals surface area contributed by atoms with Crippen molar-refractivity contribution in [3.05, 3.63) is 35.9 Å². The van der Waals surface area contributed by atoms with Crippen LogP contribution in [0.3, 0.4) is 0 Å². The summed E-state index contributed by atoms with van der Waals surface area (Å²) in [7, 11) is 6.41. The number of nitrogens with one attached hydrogen (secondary N) is 1. The number of nitrogens with zero attached hydrogens (tertiary/aromatic N) is 3. The third-order valence-corrected chi connectivity index (χ3v) is 4.85. The fourth-order valence-corrected chi connectivity index (χ4v) is 3.12. The van der Waals surface area contributed by atoms with Crippen LogP contribution in [0, 0.1) is 0 Å². The largest absolute Gasteiger partial charge is 0.381 e. The van der Waals surface area contributed by atoms with Crippen molar-refractivity contribution in [1.29, 1.82) is 0 Å². The van der Waals surface area contributed by atoms with Crippen LogP contribution in [0.25, 0.3) is 0 Å². The van der Waals surface area contributed by atoms with Crippen LogP contribution in [0.5, 0.6) is 0 Å². The SMILES string of the molecule is CCNC(=NCC1(N(C)C)CCOCC1)N(C)Cc1ccccc1. The molecular weight excluding hydrogens is 300 g/mol. The second-order valence-electron chi connectivity index (χ2n) is 6.74. The van der Waals surface area contributed by atoms with Crippen molar-refractivity contribution in [2.24, 2.45) is 4.99 Å². The molecule has 1 N–H and O–H groups in total. The minimum absolute atomic E-state index is 0.104. The first-order valence-corrected chi connectivity index (χ1v) is 8.86. The van der Waals surface area contributed by atoms with Crippen molar-refractivity contribution < 1.29 is 4.74 Å². The third-order valence-electron chi connectivity index (χ3n) is 4.85. The summed E-state index contributed by atoms with van der Waals surface area (Å²) < 4.78 is 5.55. The van der Waals surface area contributed by atoms with Crippen molar-refractivity contribution >= 4 is 5.96 Å². The van der Waals surface area contributed by atoms with E-state index in [1.54, 1.807) is 0 Å². The number of rotatable bonds is 6. The standard InChI is InChI=1S/C19H32N4O/c1-5-20-18(23(4)15-17-9-7-6-8-10-17)21-16-19(22(2)3)11-13-24-14-12-19/h6-10H,5,11-16H2,1-4H3,(H,20,21). The Hall–Kier alpha value is -1.59. The Morgan fingerprint density at radius 2 is 1.83 bits per heavy atom. The summed E-state index contributed by atoms with van der Waals surface area (Å²) in [5, 5.41) is 3.42. The van der Waals surface area contributed by atoms with Gasteiger partial charge in [-0.1, -0.05) is 30.3 Å². The first-order chi connectivity index (χ1) is 11.6. The Morgan fingerprint density at radius 1 is 1.17 bits per heavy atom. The number of benzene rings is 1. The van der Waals surface area contributed by atoms with Gasteiger partial charge in [0.25, 0.3) is 0 Å². The van der Waals surface area contributed by atoms with Crippen LogP contribution in [-0.4, -0.2) is 68.7 Å². The molecule has 0 spiro atoms. The molecule has 1 aromatic carbocycles. The second-order valence-corrected chi connectivity index (χ2v) is 6.74. The van der Waals surface area contributed by atoms with Crippen molar-refractivity contribution in [3.63, 3.8) is 0 Å². The molecule has 0 bridgehead atoms. The van der Waals surface area contributed by atoms with Crippen molar-refractivity contribution in [2.75, 3.05) is 47.4 Å². The van der Waals surface area contributed by atoms with Gasteiger partial charge in [-0.05, 0) is 39.4 Å². The van der Waals surface area contributed by atoms with E-state index < -0.39 is 0 Å². The average Bonchev–Trinajstić information content (AvgIpc) is 2.60. The lowest BCUT2D eigenvalue weighted by Crippen LogP contribution is -2.51. The molecule has 1 saturated heterocycles. The lowest BCUT2D eigenvalue weighted by atomic mass is 9.89. The highest BCUT2D eigenvalue weighted by atomic mass is 16.5. The van der Waals surface area contributed by atoms with Crippen LogP contribution in [0.1, 0.15) is 25.3 Å². The maximum atomic E-state index is 5.55. The van der Waals surface area contributed by atoms with Gasteiger partial charge in [-0.2, -0.15) is 0 Å². The summed E-state index contributed by atoms with van der Waals surface area (Å²) in [6, 6.07) is 10.5. The fraction of sp³-hybridized carbons (Fsp3) is 0.632. The van der Waals surface area contributed by atoms with E-state index in [-0.39, 0.29) is 5.54 Å². The highest BCUT2D eigenvalue weighted by Crippen LogP contribution is 2.26. The van der Waals surface area contributed by atoms with Crippen molar-refractivity contribution in [2.45, 2.75) is 31.8 Å². The predicted octanol–water partition coefficient (Wildman–Crippen LogP) is 2.19. The van der Waals surface area contributed by atoms with E-state index in [0.29, 0.717) is 0 Å². The summed E-state index contributed by atoms with van der Waals surface area (Å²) in [5.41, 5.74) is 1.39. The van der Waals surface area contributed by atoms with Crippen LogP contribution in [0.4, 0.5) is 0 Å². The maximum Gasteiger partial charge on any atom is 0.194 e. The summed E-state index contributed by atoms with van der Waals surface area (Å²) in [4.78, 5) is 9.48. The zero-order valence-electron chi connectivity index (χ0n) is 15.6. The Kier molecular flexibility index (Phi) is 7.06. The van der Waals surface area contributed by atoms with Gasteiger partial charge in [-0.25, -0.2) is 0 Å². The summed E-state index contributed by atoms with van der Waals surface area (Å²) in [6.45, 7) is 6.28. The van der Waals surface area contributed by atoms with Gasteiger partial charge < -0.3 is 19.9 Å². The molecule has 0 radical (unpaired) electrons. The number of hydrogen-bond donors (Lipinski definition) is 1. The Morgan fingerprint density at radius 3 is 2.42 bits per heavy atom. The number of hydrogen-bond acceptors (Lipinski definition) is 3. The van der Waals surface area contributed by atoms with Gasteiger partial charge in [-0.15, -0.1) is 0 Å². The van der Waals surface area contributed by atoms with E-state index >= 15 is 0 Å². The molecule has 1 aliphatic rings. The van der Waals surface area contributed by atoms with Gasteiger partial charge in [0.15, 0.2) is 5.96 Å². The predicted molar refractivity (Wildman–Crippen MR) is 100 cm³/mol. The quantitative estimate of drug-likeness (QED) is 0.640. The molecule has 24 heavy (non-hydrogen) atoms. The van der Waals surface area contributed by atoms with Crippen LogP contribution >= 0.6 is 0 Å². The second kappa shape index (κ2) is 9.04. The zero-order valence-corrected chi connectivity index (χ0v) is 15.6. The van der Waals surface area contributed by atoms with Gasteiger partial charge in [0, 0.05) is 38.9 Å². The molecule has 0 aromatic heterocycles. The molecule has 0 aliphatic carbocycles. The van der Waals surface area contributed by atoms with E-state index in [0.717, 1.165) is 51.6 Å². The molecule has 5 heteroatoms. The van der Waals surface area contributed by atoms with Crippen LogP contribution in [0.2, 0.25) is 0 Å². The van der Waals surface area contributed by atoms with E-state index in [4.69, 9.17) is 9.73 Å². The molecule has 0 saturated carbocycles. The topological polar surface area (TPSA) is 40.1 Å². The number of aliphatic imine (C=N–C) groups is 1. The molecule has 0 unspecified atom stereocenters. The summed E-state index contributed by atoms with van der Waals surface area (Å²) >= 11 is 0. The normalized spacial score (nSPS) is 17.8. The van der Waals surface area contributed by atoms with Gasteiger partial charge in [-0.3, -0.25) is 4.99 Å². The Bertz CT molecular complexity index is 509. The molecule has 1 aliphatic heterocycles. The van der Waals surface area contributed by atoms with Crippen molar-refractivity contribution in [1.82, 2.24) is 15.1 Å². The lowest BCUT2D eigenvalue weighted by Gasteiger charge is -2.42. The highest BCUT2D eigenvalue weighted by Gasteiger charge is 2.34. The molecule has 1 aromatic rings. The fourth-order valence-electron chi connectivity index (χ4n) is 3.12. The third kappa shape index (κ3) is 4.95. The molecule has 0 amide bonds. The minimum atomic E-state index is 0.104. The maximum absolute atomic E-state index is 5.55. The zero-order chi connectivity index (χ0) is 17.4. The molecule has 0 atom stereocenters. The monoisotopic (exact) mass is 332 g/mol. The van der Waals surface area contributed by atoms with E-state index in [2.05, 4.69) is 73.5 Å². The summed E-state index contributed by atoms with van der Waals surface area (Å²) in [6.07, 6.45) is 2.07. The van der Waals surface area contributed by atoms with E-state index in [1.165, 1.54) is 5.56 Å². The van der Waals surface area contributed by atoms with Crippen molar-refractivity contribution in [3.8, 4) is 0 Å². The smallest absolute Gasteiger partial charge is 0.194 e. The van der Waals surface area contributed by atoms with E-state index in [1.807, 2.05) is 0 Å². The van der Waals surface area contributed by atoms with Gasteiger partial charge in [0.1, 0.15) is 0 Å². The van der Waals surface area contributed by atoms with Crippen LogP contribution in [0.15, 0.2) is 35.3 Å². The Balaban J connectivity index is 2.08. The minimum Gasteiger partial charge on any atom is -0.381 e. The first kappa shape index (κ1) is 18.7. The average molecular weight is 332 g/mol. The first-order valence-electron chi connectivity index (χ1n) is 8.86. The van der Waals surface area contributed by atoms with Gasteiger partial charge in [0.2, 0.25) is 0 Å². The summed E-state index contributed by atoms with van der Waals surface area (Å²) in [5.74, 6) is 0.967. The Labute approximate surface area is 146 Å². The highest BCUT2D eigenvalue weighted by molar-refractivity contribution is 5.79. The molecule has 2 rings (SSSR count). The number of ether oxygens (including phenoxy) is 1. The van der Waals surface area contributed by atoms with Gasteiger partial charge in [0.05, 0.1) is 6.54 Å². The number of likely N-dealkylation sites (N-methyl/N-ethyl adjacent to an activating group) is 1. The lowest BCUT2D eigenvalue weighted by molar-refractivity contribution is -0.00262. The number of guanidine groups is 1. The molecule has 134 valence electrons. The molecule has 1 heterocycles. The van der Waals surface area contributed by atoms with E-state index in [9.17, 15) is 0 Å². The molecular formula is C19H32N4O. The van der Waals surface area contributed by atoms with Crippen LogP contribution < -0.4 is 5.32 Å². The molecule has 5 nitrogen and oxygen atoms in total. The van der Waals surface area contributed by atoms with Crippen LogP contribution in [-0.2, 0) is 11.3 Å². The molecule has 1 fully saturated rings.